The lowest BCUT2D eigenvalue weighted by Gasteiger charge is -2.17. The molecule has 0 saturated carbocycles. The molecule has 0 amide bonds. The molecule has 7 heteroatoms. The van der Waals surface area contributed by atoms with Crippen LogP contribution in [0.4, 0.5) is 11.8 Å². The summed E-state index contributed by atoms with van der Waals surface area (Å²) in [4.78, 5) is 15.4. The quantitative estimate of drug-likeness (QED) is 0.742. The highest BCUT2D eigenvalue weighted by molar-refractivity contribution is 7.16. The van der Waals surface area contributed by atoms with Crippen molar-refractivity contribution in [3.05, 3.63) is 41.5 Å². The van der Waals surface area contributed by atoms with Gasteiger partial charge in [0, 0.05) is 31.9 Å². The van der Waals surface area contributed by atoms with E-state index in [4.69, 9.17) is 5.73 Å². The number of thiazole rings is 1. The molecule has 0 spiro atoms. The normalized spacial score (nSPS) is 17.5. The van der Waals surface area contributed by atoms with E-state index < -0.39 is 0 Å². The van der Waals surface area contributed by atoms with Crippen LogP contribution < -0.4 is 16.0 Å². The largest absolute Gasteiger partial charge is 0.355 e. The summed E-state index contributed by atoms with van der Waals surface area (Å²) in [5.74, 6) is 1.62. The zero-order valence-corrected chi connectivity index (χ0v) is 14.2. The Morgan fingerprint density at radius 1 is 1.29 bits per heavy atom. The van der Waals surface area contributed by atoms with Gasteiger partial charge in [-0.3, -0.25) is 0 Å². The van der Waals surface area contributed by atoms with Gasteiger partial charge in [-0.1, -0.05) is 6.07 Å². The molecule has 24 heavy (non-hydrogen) atoms. The van der Waals surface area contributed by atoms with Gasteiger partial charge in [0.25, 0.3) is 0 Å². The summed E-state index contributed by atoms with van der Waals surface area (Å²) in [5.41, 5.74) is 10.2. The Labute approximate surface area is 144 Å². The van der Waals surface area contributed by atoms with Gasteiger partial charge >= 0.3 is 0 Å². The van der Waals surface area contributed by atoms with Crippen molar-refractivity contribution in [3.63, 3.8) is 0 Å². The highest BCUT2D eigenvalue weighted by atomic mass is 32.1. The van der Waals surface area contributed by atoms with E-state index in [2.05, 4.69) is 43.4 Å². The second-order valence-corrected chi connectivity index (χ2v) is 6.95. The molecule has 3 N–H and O–H groups in total. The fourth-order valence-corrected chi connectivity index (χ4v) is 3.72. The third kappa shape index (κ3) is 3.32. The van der Waals surface area contributed by atoms with E-state index in [1.165, 1.54) is 10.3 Å². The van der Waals surface area contributed by atoms with Gasteiger partial charge in [-0.2, -0.15) is 4.98 Å². The van der Waals surface area contributed by atoms with Crippen molar-refractivity contribution in [2.24, 2.45) is 5.73 Å². The second-order valence-electron chi connectivity index (χ2n) is 6.06. The Morgan fingerprint density at radius 2 is 2.25 bits per heavy atom. The summed E-state index contributed by atoms with van der Waals surface area (Å²) in [6.07, 6.45) is 3.75. The molecule has 1 saturated heterocycles. The average molecular weight is 340 g/mol. The number of nitrogens with two attached hydrogens (primary N) is 1. The van der Waals surface area contributed by atoms with Gasteiger partial charge in [0.2, 0.25) is 5.95 Å². The minimum atomic E-state index is 0.248. The molecule has 1 atom stereocenters. The van der Waals surface area contributed by atoms with Crippen LogP contribution in [0.5, 0.6) is 0 Å². The Morgan fingerprint density at radius 3 is 3.12 bits per heavy atom. The van der Waals surface area contributed by atoms with Crippen LogP contribution in [0.1, 0.15) is 12.0 Å². The van der Waals surface area contributed by atoms with E-state index in [1.54, 1.807) is 17.5 Å². The SMILES string of the molecule is NC1CCN(c2ccnc(NCCc3ccc4ncsc4c3)n2)C1. The average Bonchev–Trinajstić information content (AvgIpc) is 3.23. The molecule has 124 valence electrons. The molecule has 6 nitrogen and oxygen atoms in total. The van der Waals surface area contributed by atoms with Crippen LogP contribution in [-0.4, -0.2) is 40.6 Å². The van der Waals surface area contributed by atoms with Crippen molar-refractivity contribution in [1.82, 2.24) is 15.0 Å². The molecule has 3 aromatic rings. The molecule has 1 fully saturated rings. The maximum absolute atomic E-state index is 5.97. The first-order chi connectivity index (χ1) is 11.8. The topological polar surface area (TPSA) is 80.0 Å². The first kappa shape index (κ1) is 15.3. The zero-order valence-electron chi connectivity index (χ0n) is 13.4. The minimum absolute atomic E-state index is 0.248. The number of hydrogen-bond donors (Lipinski definition) is 2. The van der Waals surface area contributed by atoms with Gasteiger partial charge in [0.05, 0.1) is 15.7 Å². The van der Waals surface area contributed by atoms with Crippen LogP contribution in [-0.2, 0) is 6.42 Å². The van der Waals surface area contributed by atoms with Crippen molar-refractivity contribution in [1.29, 1.82) is 0 Å². The van der Waals surface area contributed by atoms with Gasteiger partial charge in [-0.25, -0.2) is 9.97 Å². The van der Waals surface area contributed by atoms with Gasteiger partial charge in [-0.05, 0) is 36.6 Å². The zero-order chi connectivity index (χ0) is 16.4. The number of anilines is 2. The van der Waals surface area contributed by atoms with E-state index >= 15 is 0 Å². The van der Waals surface area contributed by atoms with Crippen LogP contribution in [0.15, 0.2) is 36.0 Å². The first-order valence-electron chi connectivity index (χ1n) is 8.17. The van der Waals surface area contributed by atoms with Crippen molar-refractivity contribution >= 4 is 33.3 Å². The fraction of sp³-hybridized carbons (Fsp3) is 0.353. The monoisotopic (exact) mass is 340 g/mol. The van der Waals surface area contributed by atoms with Crippen molar-refractivity contribution in [3.8, 4) is 0 Å². The van der Waals surface area contributed by atoms with Gasteiger partial charge in [0.1, 0.15) is 5.82 Å². The molecule has 0 bridgehead atoms. The molecular formula is C17H20N6S. The third-order valence-corrected chi connectivity index (χ3v) is 5.07. The predicted octanol–water partition coefficient (Wildman–Crippen LogP) is 2.28. The molecule has 4 rings (SSSR count). The molecule has 1 aliphatic heterocycles. The highest BCUT2D eigenvalue weighted by Gasteiger charge is 2.20. The minimum Gasteiger partial charge on any atom is -0.355 e. The number of nitrogens with zero attached hydrogens (tertiary/aromatic N) is 4. The molecular weight excluding hydrogens is 320 g/mol. The third-order valence-electron chi connectivity index (χ3n) is 4.28. The number of nitrogens with one attached hydrogen (secondary N) is 1. The molecule has 1 aromatic carbocycles. The maximum atomic E-state index is 5.97. The van der Waals surface area contributed by atoms with Crippen molar-refractivity contribution < 1.29 is 0 Å². The molecule has 0 aliphatic carbocycles. The van der Waals surface area contributed by atoms with E-state index in [1.807, 2.05) is 11.6 Å². The number of fused-ring (bicyclic) bond motifs is 1. The Kier molecular flexibility index (Phi) is 4.27. The molecule has 1 unspecified atom stereocenters. The van der Waals surface area contributed by atoms with Gasteiger partial charge in [0.15, 0.2) is 0 Å². The molecule has 0 radical (unpaired) electrons. The predicted molar refractivity (Wildman–Crippen MR) is 98.7 cm³/mol. The lowest BCUT2D eigenvalue weighted by molar-refractivity contribution is 0.751. The van der Waals surface area contributed by atoms with E-state index in [-0.39, 0.29) is 6.04 Å². The summed E-state index contributed by atoms with van der Waals surface area (Å²) < 4.78 is 1.23. The van der Waals surface area contributed by atoms with Crippen LogP contribution in [0.2, 0.25) is 0 Å². The molecule has 1 aliphatic rings. The van der Waals surface area contributed by atoms with Crippen LogP contribution in [0.25, 0.3) is 10.2 Å². The fourth-order valence-electron chi connectivity index (χ4n) is 2.98. The number of benzene rings is 1. The van der Waals surface area contributed by atoms with E-state index in [9.17, 15) is 0 Å². The van der Waals surface area contributed by atoms with E-state index in [0.717, 1.165) is 43.8 Å². The number of rotatable bonds is 5. The Hall–Kier alpha value is -2.25. The summed E-state index contributed by atoms with van der Waals surface area (Å²) in [6, 6.07) is 8.61. The van der Waals surface area contributed by atoms with Crippen molar-refractivity contribution in [2.75, 3.05) is 29.9 Å². The van der Waals surface area contributed by atoms with Crippen LogP contribution >= 0.6 is 11.3 Å². The van der Waals surface area contributed by atoms with Gasteiger partial charge in [-0.15, -0.1) is 11.3 Å². The van der Waals surface area contributed by atoms with Crippen LogP contribution in [0.3, 0.4) is 0 Å². The molecule has 3 heterocycles. The standard InChI is InChI=1S/C17H20N6S/c18-13-5-8-23(10-13)16-4-7-20-17(22-16)19-6-3-12-1-2-14-15(9-12)24-11-21-14/h1-2,4,7,9,11,13H,3,5-6,8,10,18H2,(H,19,20,22). The lowest BCUT2D eigenvalue weighted by atomic mass is 10.1. The van der Waals surface area contributed by atoms with Crippen molar-refractivity contribution in [2.45, 2.75) is 18.9 Å². The van der Waals surface area contributed by atoms with Crippen LogP contribution in [0, 0.1) is 0 Å². The Bertz CT molecular complexity index is 833. The summed E-state index contributed by atoms with van der Waals surface area (Å²) >= 11 is 1.68. The Balaban J connectivity index is 1.37. The second kappa shape index (κ2) is 6.70. The highest BCUT2D eigenvalue weighted by Crippen LogP contribution is 2.20. The summed E-state index contributed by atoms with van der Waals surface area (Å²) in [7, 11) is 0. The first-order valence-corrected chi connectivity index (χ1v) is 9.05. The number of aromatic nitrogens is 3. The van der Waals surface area contributed by atoms with Gasteiger partial charge < -0.3 is 16.0 Å². The maximum Gasteiger partial charge on any atom is 0.224 e. The van der Waals surface area contributed by atoms with E-state index in [0.29, 0.717) is 5.95 Å². The smallest absolute Gasteiger partial charge is 0.224 e. The summed E-state index contributed by atoms with van der Waals surface area (Å²) in [5, 5.41) is 3.32. The lowest BCUT2D eigenvalue weighted by Crippen LogP contribution is -2.27. The summed E-state index contributed by atoms with van der Waals surface area (Å²) in [6.45, 7) is 2.63. The number of hydrogen-bond acceptors (Lipinski definition) is 7. The molecule has 2 aromatic heterocycles.